The Morgan fingerprint density at radius 3 is 2.60 bits per heavy atom. The van der Waals surface area contributed by atoms with Gasteiger partial charge in [0.25, 0.3) is 5.91 Å². The number of halogens is 1. The van der Waals surface area contributed by atoms with Crippen LogP contribution in [-0.4, -0.2) is 17.5 Å². The Morgan fingerprint density at radius 1 is 1.04 bits per heavy atom. The van der Waals surface area contributed by atoms with Crippen LogP contribution in [0.15, 0.2) is 72.9 Å². The second kappa shape index (κ2) is 6.57. The zero-order valence-electron chi connectivity index (χ0n) is 13.3. The first-order valence-electron chi connectivity index (χ1n) is 7.96. The van der Waals surface area contributed by atoms with Crippen molar-refractivity contribution >= 4 is 23.2 Å². The van der Waals surface area contributed by atoms with Crippen molar-refractivity contribution in [1.82, 2.24) is 4.98 Å². The third-order valence-corrected chi connectivity index (χ3v) is 4.53. The van der Waals surface area contributed by atoms with Crippen LogP contribution in [0.4, 0.5) is 5.69 Å². The van der Waals surface area contributed by atoms with E-state index in [2.05, 4.69) is 4.98 Å². The zero-order chi connectivity index (χ0) is 17.2. The van der Waals surface area contributed by atoms with Crippen molar-refractivity contribution < 1.29 is 9.53 Å². The largest absolute Gasteiger partial charge is 0.489 e. The fourth-order valence-electron chi connectivity index (χ4n) is 3.04. The number of fused-ring (bicyclic) bond motifs is 1. The minimum absolute atomic E-state index is 0.192. The van der Waals surface area contributed by atoms with Crippen molar-refractivity contribution in [1.29, 1.82) is 0 Å². The summed E-state index contributed by atoms with van der Waals surface area (Å²) in [7, 11) is 0. The molecule has 124 valence electrons. The number of anilines is 1. The number of rotatable bonds is 2. The molecule has 2 heterocycles. The van der Waals surface area contributed by atoms with Crippen molar-refractivity contribution in [2.24, 2.45) is 0 Å². The SMILES string of the molecule is O=C(c1cccnc1Cl)N1c2ccccc2OC[C@H]1c1ccccc1. The van der Waals surface area contributed by atoms with Crippen LogP contribution in [0.3, 0.4) is 0 Å². The van der Waals surface area contributed by atoms with Crippen LogP contribution in [-0.2, 0) is 0 Å². The molecule has 1 aromatic heterocycles. The van der Waals surface area contributed by atoms with Gasteiger partial charge in [-0.1, -0.05) is 54.1 Å². The number of ether oxygens (including phenoxy) is 1. The number of carbonyl (C=O) groups is 1. The predicted molar refractivity (Wildman–Crippen MR) is 97.2 cm³/mol. The maximum absolute atomic E-state index is 13.3. The summed E-state index contributed by atoms with van der Waals surface area (Å²) in [6, 6.07) is 20.5. The highest BCUT2D eigenvalue weighted by molar-refractivity contribution is 6.33. The van der Waals surface area contributed by atoms with Gasteiger partial charge in [-0.05, 0) is 29.8 Å². The average molecular weight is 351 g/mol. The molecule has 0 unspecified atom stereocenters. The van der Waals surface area contributed by atoms with Crippen LogP contribution in [0.5, 0.6) is 5.75 Å². The van der Waals surface area contributed by atoms with Crippen LogP contribution in [0.2, 0.25) is 5.15 Å². The lowest BCUT2D eigenvalue weighted by Crippen LogP contribution is -2.41. The van der Waals surface area contributed by atoms with E-state index in [9.17, 15) is 4.79 Å². The Hall–Kier alpha value is -2.85. The molecule has 4 rings (SSSR count). The molecule has 0 bridgehead atoms. The average Bonchev–Trinajstić information content (AvgIpc) is 2.67. The van der Waals surface area contributed by atoms with Crippen LogP contribution >= 0.6 is 11.6 Å². The standard InChI is InChI=1S/C20H15ClN2O2/c21-19-15(9-6-12-22-19)20(24)23-16-10-4-5-11-18(16)25-13-17(23)14-7-2-1-3-8-14/h1-12,17H,13H2/t17-/m0/s1. The number of amides is 1. The van der Waals surface area contributed by atoms with Crippen LogP contribution < -0.4 is 9.64 Å². The molecule has 1 aliphatic heterocycles. The number of para-hydroxylation sites is 2. The summed E-state index contributed by atoms with van der Waals surface area (Å²) in [4.78, 5) is 19.1. The Kier molecular flexibility index (Phi) is 4.12. The Morgan fingerprint density at radius 2 is 1.80 bits per heavy atom. The molecule has 4 nitrogen and oxygen atoms in total. The fourth-order valence-corrected chi connectivity index (χ4v) is 3.24. The quantitative estimate of drug-likeness (QED) is 0.638. The summed E-state index contributed by atoms with van der Waals surface area (Å²) in [6.45, 7) is 0.380. The number of benzene rings is 2. The van der Waals surface area contributed by atoms with Crippen molar-refractivity contribution in [3.05, 3.63) is 89.2 Å². The number of pyridine rings is 1. The summed E-state index contributed by atoms with van der Waals surface area (Å²) in [5, 5.41) is 0.197. The predicted octanol–water partition coefficient (Wildman–Crippen LogP) is 4.52. The molecular formula is C20H15ClN2O2. The van der Waals surface area contributed by atoms with E-state index in [4.69, 9.17) is 16.3 Å². The van der Waals surface area contributed by atoms with Crippen molar-refractivity contribution in [3.63, 3.8) is 0 Å². The van der Waals surface area contributed by atoms with Gasteiger partial charge in [-0.15, -0.1) is 0 Å². The van der Waals surface area contributed by atoms with Gasteiger partial charge in [0.2, 0.25) is 0 Å². The zero-order valence-corrected chi connectivity index (χ0v) is 14.1. The van der Waals surface area contributed by atoms with Gasteiger partial charge in [0.15, 0.2) is 0 Å². The summed E-state index contributed by atoms with van der Waals surface area (Å²) in [6.07, 6.45) is 1.57. The molecule has 0 radical (unpaired) electrons. The molecule has 5 heteroatoms. The first-order chi connectivity index (χ1) is 12.3. The Labute approximate surface area is 150 Å². The summed E-state index contributed by atoms with van der Waals surface area (Å²) >= 11 is 6.17. The van der Waals surface area contributed by atoms with Crippen molar-refractivity contribution in [2.75, 3.05) is 11.5 Å². The molecule has 1 atom stereocenters. The van der Waals surface area contributed by atoms with Gasteiger partial charge in [-0.3, -0.25) is 9.69 Å². The fraction of sp³-hybridized carbons (Fsp3) is 0.100. The van der Waals surface area contributed by atoms with Gasteiger partial charge in [0.1, 0.15) is 17.5 Å². The third-order valence-electron chi connectivity index (χ3n) is 4.23. The van der Waals surface area contributed by atoms with Crippen LogP contribution in [0.25, 0.3) is 0 Å². The Balaban J connectivity index is 1.84. The highest BCUT2D eigenvalue weighted by Gasteiger charge is 2.34. The topological polar surface area (TPSA) is 42.4 Å². The van der Waals surface area contributed by atoms with Crippen molar-refractivity contribution in [2.45, 2.75) is 6.04 Å². The minimum atomic E-state index is -0.236. The lowest BCUT2D eigenvalue weighted by Gasteiger charge is -2.37. The number of hydrogen-bond acceptors (Lipinski definition) is 3. The number of hydrogen-bond donors (Lipinski definition) is 0. The molecular weight excluding hydrogens is 336 g/mol. The molecule has 2 aromatic carbocycles. The lowest BCUT2D eigenvalue weighted by molar-refractivity contribution is 0.0956. The second-order valence-electron chi connectivity index (χ2n) is 5.72. The van der Waals surface area contributed by atoms with Gasteiger partial charge in [0.05, 0.1) is 17.3 Å². The maximum atomic E-state index is 13.3. The summed E-state index contributed by atoms with van der Waals surface area (Å²) in [5.41, 5.74) is 2.11. The van der Waals surface area contributed by atoms with Gasteiger partial charge in [0, 0.05) is 6.20 Å². The first-order valence-corrected chi connectivity index (χ1v) is 8.34. The third kappa shape index (κ3) is 2.85. The van der Waals surface area contributed by atoms with Gasteiger partial charge in [-0.25, -0.2) is 4.98 Å². The van der Waals surface area contributed by atoms with E-state index in [1.54, 1.807) is 23.2 Å². The van der Waals surface area contributed by atoms with E-state index in [1.165, 1.54) is 0 Å². The van der Waals surface area contributed by atoms with Crippen molar-refractivity contribution in [3.8, 4) is 5.75 Å². The molecule has 25 heavy (non-hydrogen) atoms. The van der Waals surface area contributed by atoms with Gasteiger partial charge in [-0.2, -0.15) is 0 Å². The summed E-state index contributed by atoms with van der Waals surface area (Å²) < 4.78 is 5.89. The molecule has 0 saturated carbocycles. The van der Waals surface area contributed by atoms with E-state index in [0.717, 1.165) is 11.3 Å². The summed E-state index contributed by atoms with van der Waals surface area (Å²) in [5.74, 6) is 0.491. The van der Waals surface area contributed by atoms with Crippen LogP contribution in [0.1, 0.15) is 22.0 Å². The molecule has 1 amide bonds. The van der Waals surface area contributed by atoms with Crippen LogP contribution in [0, 0.1) is 0 Å². The molecule has 0 saturated heterocycles. The van der Waals surface area contributed by atoms with E-state index in [1.807, 2.05) is 54.6 Å². The number of carbonyl (C=O) groups excluding carboxylic acids is 1. The first kappa shape index (κ1) is 15.7. The smallest absolute Gasteiger partial charge is 0.262 e. The normalized spacial score (nSPS) is 16.0. The van der Waals surface area contributed by atoms with Gasteiger partial charge >= 0.3 is 0 Å². The highest BCUT2D eigenvalue weighted by atomic mass is 35.5. The number of nitrogens with zero attached hydrogens (tertiary/aromatic N) is 2. The molecule has 3 aromatic rings. The van der Waals surface area contributed by atoms with E-state index < -0.39 is 0 Å². The highest BCUT2D eigenvalue weighted by Crippen LogP contribution is 2.40. The second-order valence-corrected chi connectivity index (χ2v) is 6.08. The lowest BCUT2D eigenvalue weighted by atomic mass is 10.0. The van der Waals surface area contributed by atoms with E-state index in [0.29, 0.717) is 17.9 Å². The Bertz CT molecular complexity index is 914. The maximum Gasteiger partial charge on any atom is 0.262 e. The molecule has 0 fully saturated rings. The van der Waals surface area contributed by atoms with Gasteiger partial charge < -0.3 is 4.74 Å². The number of aromatic nitrogens is 1. The monoisotopic (exact) mass is 350 g/mol. The molecule has 0 N–H and O–H groups in total. The molecule has 0 aliphatic carbocycles. The van der Waals surface area contributed by atoms with E-state index in [-0.39, 0.29) is 17.1 Å². The molecule has 0 spiro atoms. The minimum Gasteiger partial charge on any atom is -0.489 e. The van der Waals surface area contributed by atoms with E-state index >= 15 is 0 Å². The molecule has 1 aliphatic rings.